The minimum atomic E-state index is -1.86. The molecule has 0 radical (unpaired) electrons. The fourth-order valence-corrected chi connectivity index (χ4v) is 12.2. The topological polar surface area (TPSA) is 179 Å². The Hall–Kier alpha value is -2.41. The molecule has 0 aromatic carbocycles. The van der Waals surface area contributed by atoms with Crippen LogP contribution in [0.1, 0.15) is 119 Å². The van der Waals surface area contributed by atoms with E-state index in [1.54, 1.807) is 40.2 Å². The van der Waals surface area contributed by atoms with Gasteiger partial charge in [-0.25, -0.2) is 0 Å². The fourth-order valence-electron chi connectivity index (χ4n) is 12.2. The maximum absolute atomic E-state index is 14.5. The Labute approximate surface area is 384 Å². The van der Waals surface area contributed by atoms with Crippen molar-refractivity contribution in [3.8, 4) is 0 Å². The second-order valence-electron chi connectivity index (χ2n) is 20.5. The molecule has 15 heteroatoms. The lowest BCUT2D eigenvalue weighted by Gasteiger charge is -2.51. The lowest BCUT2D eigenvalue weighted by molar-refractivity contribution is -0.342. The van der Waals surface area contributed by atoms with Crippen LogP contribution in [0.3, 0.4) is 0 Å². The second kappa shape index (κ2) is 20.7. The predicted molar refractivity (Wildman–Crippen MR) is 238 cm³/mol. The Kier molecular flexibility index (Phi) is 15.6. The zero-order chi connectivity index (χ0) is 46.2. The van der Waals surface area contributed by atoms with Gasteiger partial charge >= 0.3 is 5.97 Å². The molecule has 364 valence electrons. The van der Waals surface area contributed by atoms with Crippen LogP contribution < -0.4 is 0 Å². The second-order valence-corrected chi connectivity index (χ2v) is 20.5. The van der Waals surface area contributed by atoms with Crippen LogP contribution in [0.5, 0.6) is 0 Å². The van der Waals surface area contributed by atoms with E-state index >= 15 is 0 Å². The summed E-state index contributed by atoms with van der Waals surface area (Å²) in [6.07, 6.45) is 12.6. The largest absolute Gasteiger partial charge is 0.462 e. The van der Waals surface area contributed by atoms with Gasteiger partial charge in [-0.3, -0.25) is 4.79 Å². The first kappa shape index (κ1) is 49.0. The van der Waals surface area contributed by atoms with E-state index in [4.69, 9.17) is 47.4 Å². The van der Waals surface area contributed by atoms with Crippen molar-refractivity contribution in [2.75, 3.05) is 20.8 Å². The van der Waals surface area contributed by atoms with Crippen molar-refractivity contribution >= 4 is 5.97 Å². The van der Waals surface area contributed by atoms with E-state index in [0.29, 0.717) is 61.5 Å². The van der Waals surface area contributed by atoms with Crippen LogP contribution in [0.25, 0.3) is 0 Å². The van der Waals surface area contributed by atoms with Crippen molar-refractivity contribution < 1.29 is 62.4 Å². The summed E-state index contributed by atoms with van der Waals surface area (Å²) in [5.74, 6) is -1.98. The van der Waals surface area contributed by atoms with Gasteiger partial charge in [-0.15, -0.1) is 0 Å². The molecule has 0 amide bonds. The van der Waals surface area contributed by atoms with Gasteiger partial charge in [-0.1, -0.05) is 68.7 Å². The maximum atomic E-state index is 14.5. The van der Waals surface area contributed by atoms with Crippen molar-refractivity contribution in [1.29, 1.82) is 0 Å². The quantitative estimate of drug-likeness (QED) is 0.146. The molecule has 8 rings (SSSR count). The maximum Gasteiger partial charge on any atom is 0.316 e. The van der Waals surface area contributed by atoms with Crippen LogP contribution in [-0.2, 0) is 52.2 Å². The number of aliphatic hydroxyl groups is 2. The summed E-state index contributed by atoms with van der Waals surface area (Å²) in [5, 5.41) is 26.6. The number of methoxy groups -OCH3 is 2. The molecule has 6 heterocycles. The van der Waals surface area contributed by atoms with E-state index < -0.39 is 90.7 Å². The molecule has 2 aliphatic carbocycles. The van der Waals surface area contributed by atoms with Crippen molar-refractivity contribution in [3.05, 3.63) is 52.0 Å². The molecule has 4 unspecified atom stereocenters. The lowest BCUT2D eigenvalue weighted by atomic mass is 9.70. The third-order valence-electron chi connectivity index (χ3n) is 16.0. The van der Waals surface area contributed by atoms with Crippen LogP contribution in [0.4, 0.5) is 0 Å². The number of hydrogen-bond donors (Lipinski definition) is 2. The average molecular weight is 914 g/mol. The van der Waals surface area contributed by atoms with E-state index in [0.717, 1.165) is 24.8 Å². The predicted octanol–water partition coefficient (Wildman–Crippen LogP) is 6.91. The Balaban J connectivity index is 1.08. The van der Waals surface area contributed by atoms with E-state index in [2.05, 4.69) is 32.0 Å². The number of allylic oxidation sites excluding steroid dienone is 2. The van der Waals surface area contributed by atoms with Gasteiger partial charge in [0, 0.05) is 52.2 Å². The summed E-state index contributed by atoms with van der Waals surface area (Å²) in [6, 6.07) is -0.966. The van der Waals surface area contributed by atoms with Gasteiger partial charge in [0.05, 0.1) is 49.3 Å². The standard InChI is InChI=1S/C50H75NO14/c1-27-13-12-16-34-26-58-47-42(51-55)30(4)21-37(50(34,47)54)48(53)61-36-22-35(64-49(25-36)20-19-29(3)45(65-49)33-14-10-9-11-15-33)18-17-28(2)44(27)62-41-24-39(57-8)46(32(6)60-41)63-40-23-38(56-7)43(52)31(5)59-40/h12-13,16-17,21,27,29,31-33,35-47,52,54H,9-11,14-15,18-20,22-26H2,1-8H3/t27-,29-,31-,32-,35+,36-,37-,38-,39-,40-,41-,42?,43-,44?,45?,46?,47+,49+,50+/m0/s1. The zero-order valence-electron chi connectivity index (χ0n) is 39.7. The monoisotopic (exact) mass is 914 g/mol. The van der Waals surface area contributed by atoms with E-state index in [9.17, 15) is 19.9 Å². The van der Waals surface area contributed by atoms with Crippen molar-refractivity contribution in [2.24, 2.45) is 28.8 Å². The number of nitrogens with zero attached hydrogens (tertiary/aromatic N) is 1. The van der Waals surface area contributed by atoms with Gasteiger partial charge in [0.1, 0.15) is 42.0 Å². The van der Waals surface area contributed by atoms with Gasteiger partial charge in [0.2, 0.25) is 0 Å². The van der Waals surface area contributed by atoms with Crippen LogP contribution in [0.15, 0.2) is 52.3 Å². The van der Waals surface area contributed by atoms with Crippen molar-refractivity contribution in [3.63, 3.8) is 0 Å². The van der Waals surface area contributed by atoms with Gasteiger partial charge in [-0.2, -0.15) is 4.91 Å². The summed E-state index contributed by atoms with van der Waals surface area (Å²) in [7, 11) is 3.23. The number of nitroso groups, excluding NO2 is 1. The fraction of sp³-hybridized carbons (Fsp3) is 0.820. The molecule has 8 aliphatic rings. The third-order valence-corrected chi connectivity index (χ3v) is 16.0. The summed E-state index contributed by atoms with van der Waals surface area (Å²) in [4.78, 5) is 26.8. The molecule has 2 N–H and O–H groups in total. The molecule has 65 heavy (non-hydrogen) atoms. The summed E-state index contributed by atoms with van der Waals surface area (Å²) >= 11 is 0. The smallest absolute Gasteiger partial charge is 0.316 e. The zero-order valence-corrected chi connectivity index (χ0v) is 39.7. The third kappa shape index (κ3) is 10.2. The molecule has 1 spiro atoms. The summed E-state index contributed by atoms with van der Waals surface area (Å²) in [6.45, 7) is 11.9. The van der Waals surface area contributed by atoms with Crippen LogP contribution in [0, 0.1) is 28.6 Å². The van der Waals surface area contributed by atoms with Gasteiger partial charge < -0.3 is 57.6 Å². The number of carbonyl (C=O) groups is 1. The first-order valence-corrected chi connectivity index (χ1v) is 24.5. The number of ether oxygens (including phenoxy) is 10. The number of carbonyl (C=O) groups excluding carboxylic acids is 1. The molecule has 1 saturated carbocycles. The molecule has 2 bridgehead atoms. The highest BCUT2D eigenvalue weighted by atomic mass is 16.7. The molecular formula is C50H75NO14. The van der Waals surface area contributed by atoms with Crippen LogP contribution in [0.2, 0.25) is 0 Å². The van der Waals surface area contributed by atoms with Gasteiger partial charge in [0.15, 0.2) is 18.4 Å². The number of aliphatic hydroxyl groups excluding tert-OH is 1. The Morgan fingerprint density at radius 2 is 1.58 bits per heavy atom. The molecule has 0 aromatic heterocycles. The molecular weight excluding hydrogens is 839 g/mol. The first-order valence-electron chi connectivity index (χ1n) is 24.5. The number of esters is 1. The normalized spacial score (nSPS) is 46.7. The number of hydrogen-bond acceptors (Lipinski definition) is 15. The molecule has 6 aliphatic heterocycles. The van der Waals surface area contributed by atoms with Crippen LogP contribution >= 0.6 is 0 Å². The summed E-state index contributed by atoms with van der Waals surface area (Å²) in [5.41, 5.74) is 0.138. The Bertz CT molecular complexity index is 1800. The van der Waals surface area contributed by atoms with E-state index in [1.165, 1.54) is 19.3 Å². The highest BCUT2D eigenvalue weighted by Crippen LogP contribution is 2.49. The first-order chi connectivity index (χ1) is 31.2. The highest BCUT2D eigenvalue weighted by molar-refractivity contribution is 5.78. The van der Waals surface area contributed by atoms with Crippen LogP contribution in [-0.4, -0.2) is 134 Å². The molecule has 15 nitrogen and oxygen atoms in total. The SMILES string of the molecule is CO[C@H]1C[C@H](OC2C(C)=CC[C@@H]3C[C@@H](C[C@]4(CC[C@H](C)C(C5CCCCC5)O4)O3)OC(=O)[C@@H]3C=C(C)C(N=O)[C@H]4OCC(=CC=C[C@@H]2C)[C@]43O)O[C@@H](C)C1O[C@H]1C[C@H](OC)[C@@H](O)[C@H](C)O1. The van der Waals surface area contributed by atoms with E-state index in [-0.39, 0.29) is 30.8 Å². The molecule has 5 saturated heterocycles. The van der Waals surface area contributed by atoms with Gasteiger partial charge in [0.25, 0.3) is 0 Å². The van der Waals surface area contributed by atoms with E-state index in [1.807, 2.05) is 19.1 Å². The highest BCUT2D eigenvalue weighted by Gasteiger charge is 2.61. The minimum absolute atomic E-state index is 0.0136. The molecule has 19 atom stereocenters. The number of fused-ring (bicyclic) bond motifs is 2. The summed E-state index contributed by atoms with van der Waals surface area (Å²) < 4.78 is 64.4. The molecule has 6 fully saturated rings. The molecule has 0 aromatic rings. The Morgan fingerprint density at radius 1 is 0.862 bits per heavy atom. The number of rotatable bonds is 8. The van der Waals surface area contributed by atoms with Gasteiger partial charge in [-0.05, 0) is 81.9 Å². The Morgan fingerprint density at radius 3 is 2.32 bits per heavy atom. The lowest BCUT2D eigenvalue weighted by Crippen LogP contribution is -2.58. The van der Waals surface area contributed by atoms with Crippen molar-refractivity contribution in [2.45, 2.75) is 216 Å². The van der Waals surface area contributed by atoms with Crippen molar-refractivity contribution in [1.82, 2.24) is 0 Å². The minimum Gasteiger partial charge on any atom is -0.462 e. The average Bonchev–Trinajstić information content (AvgIpc) is 3.62.